The summed E-state index contributed by atoms with van der Waals surface area (Å²) < 4.78 is 4.89. The zero-order valence-corrected chi connectivity index (χ0v) is 21.4. The number of benzene rings is 4. The smallest absolute Gasteiger partial charge is 0.235 e. The molecule has 1 aliphatic rings. The maximum Gasteiger partial charge on any atom is 0.235 e. The van der Waals surface area contributed by atoms with E-state index in [9.17, 15) is 0 Å². The summed E-state index contributed by atoms with van der Waals surface area (Å²) in [5.74, 6) is 0.947. The summed E-state index contributed by atoms with van der Waals surface area (Å²) in [6.45, 7) is 0. The summed E-state index contributed by atoms with van der Waals surface area (Å²) in [4.78, 5) is 10.4. The molecule has 0 amide bonds. The lowest BCUT2D eigenvalue weighted by Crippen LogP contribution is -2.08. The fourth-order valence-electron chi connectivity index (χ4n) is 5.75. The molecule has 0 fully saturated rings. The predicted molar refractivity (Wildman–Crippen MR) is 160 cm³/mol. The summed E-state index contributed by atoms with van der Waals surface area (Å²) in [6.07, 6.45) is 9.63. The van der Waals surface area contributed by atoms with E-state index >= 15 is 0 Å². The van der Waals surface area contributed by atoms with Crippen molar-refractivity contribution in [1.29, 1.82) is 0 Å². The summed E-state index contributed by atoms with van der Waals surface area (Å²) in [7, 11) is 0. The molecule has 38 heavy (non-hydrogen) atoms. The summed E-state index contributed by atoms with van der Waals surface area (Å²) in [5, 5.41) is 5.12. The number of hydrogen-bond donors (Lipinski definition) is 0. The zero-order valence-electron chi connectivity index (χ0n) is 20.6. The van der Waals surface area contributed by atoms with Gasteiger partial charge in [0.15, 0.2) is 0 Å². The molecule has 8 rings (SSSR count). The molecule has 0 saturated carbocycles. The molecular weight excluding hydrogens is 482 g/mol. The van der Waals surface area contributed by atoms with Crippen molar-refractivity contribution in [2.45, 2.75) is 12.3 Å². The van der Waals surface area contributed by atoms with Crippen molar-refractivity contribution in [3.63, 3.8) is 0 Å². The number of allylic oxidation sites excluding steroid dienone is 4. The normalized spacial score (nSPS) is 15.3. The molecule has 3 heterocycles. The highest BCUT2D eigenvalue weighted by molar-refractivity contribution is 7.26. The largest absolute Gasteiger partial charge is 0.278 e. The Morgan fingerprint density at radius 2 is 1.53 bits per heavy atom. The van der Waals surface area contributed by atoms with Crippen LogP contribution < -0.4 is 0 Å². The Morgan fingerprint density at radius 3 is 2.39 bits per heavy atom. The third-order valence-electron chi connectivity index (χ3n) is 7.54. The van der Waals surface area contributed by atoms with Crippen LogP contribution in [0.5, 0.6) is 0 Å². The highest BCUT2D eigenvalue weighted by atomic mass is 32.1. The first-order chi connectivity index (χ1) is 18.8. The second-order valence-corrected chi connectivity index (χ2v) is 10.8. The van der Waals surface area contributed by atoms with Gasteiger partial charge in [0.1, 0.15) is 0 Å². The van der Waals surface area contributed by atoms with Crippen LogP contribution in [-0.2, 0) is 0 Å². The molecule has 0 spiro atoms. The Labute approximate surface area is 224 Å². The molecule has 0 radical (unpaired) electrons. The molecule has 1 unspecified atom stereocenters. The number of nitrogens with zero attached hydrogens (tertiary/aromatic N) is 3. The van der Waals surface area contributed by atoms with E-state index in [0.717, 1.165) is 40.4 Å². The number of para-hydroxylation sites is 1. The molecule has 180 valence electrons. The Balaban J connectivity index is 1.46. The second-order valence-electron chi connectivity index (χ2n) is 9.79. The highest BCUT2D eigenvalue weighted by Gasteiger charge is 2.21. The highest BCUT2D eigenvalue weighted by Crippen LogP contribution is 2.43. The second kappa shape index (κ2) is 8.51. The van der Waals surface area contributed by atoms with E-state index in [4.69, 9.17) is 9.97 Å². The molecule has 4 heteroatoms. The van der Waals surface area contributed by atoms with Gasteiger partial charge in [0.25, 0.3) is 0 Å². The van der Waals surface area contributed by atoms with Crippen LogP contribution in [0.2, 0.25) is 0 Å². The van der Waals surface area contributed by atoms with Crippen molar-refractivity contribution in [3.8, 4) is 17.2 Å². The molecule has 1 aliphatic carbocycles. The van der Waals surface area contributed by atoms with E-state index in [1.165, 1.54) is 30.9 Å². The predicted octanol–water partition coefficient (Wildman–Crippen LogP) is 9.21. The first-order valence-electron chi connectivity index (χ1n) is 13.0. The monoisotopic (exact) mass is 505 g/mol. The van der Waals surface area contributed by atoms with Gasteiger partial charge in [-0.05, 0) is 30.7 Å². The summed E-state index contributed by atoms with van der Waals surface area (Å²) in [5.41, 5.74) is 5.36. The topological polar surface area (TPSA) is 30.7 Å². The molecule has 0 aliphatic heterocycles. The van der Waals surface area contributed by atoms with Crippen molar-refractivity contribution in [2.75, 3.05) is 0 Å². The van der Waals surface area contributed by atoms with Crippen LogP contribution in [0, 0.1) is 0 Å². The molecule has 3 nitrogen and oxygen atoms in total. The van der Waals surface area contributed by atoms with Crippen LogP contribution in [0.1, 0.15) is 18.0 Å². The third-order valence-corrected chi connectivity index (χ3v) is 8.75. The molecule has 3 aromatic heterocycles. The standard InChI is InChI=1S/C34H23N3S/c1-3-11-22(12-4-1)27-21-28(23-13-5-2-6-14-23)36-34(35-27)37-29-17-9-7-16-26(29)32-30(37)20-19-25-24-15-8-10-18-31(24)38-33(25)32/h1-13,15-21,23H,14H2. The minimum Gasteiger partial charge on any atom is -0.278 e. The van der Waals surface area contributed by atoms with Gasteiger partial charge in [0.2, 0.25) is 5.95 Å². The summed E-state index contributed by atoms with van der Waals surface area (Å²) in [6, 6.07) is 34.5. The van der Waals surface area contributed by atoms with Crippen LogP contribution in [0.15, 0.2) is 121 Å². The van der Waals surface area contributed by atoms with Crippen LogP contribution in [-0.4, -0.2) is 14.5 Å². The Morgan fingerprint density at radius 1 is 0.711 bits per heavy atom. The number of hydrogen-bond acceptors (Lipinski definition) is 3. The molecule has 0 N–H and O–H groups in total. The van der Waals surface area contributed by atoms with Crippen LogP contribution >= 0.6 is 11.3 Å². The quantitative estimate of drug-likeness (QED) is 0.240. The van der Waals surface area contributed by atoms with Gasteiger partial charge in [0.05, 0.1) is 22.4 Å². The number of fused-ring (bicyclic) bond motifs is 7. The maximum atomic E-state index is 5.22. The SMILES string of the molecule is C1=CCC(c2cc(-c3ccccc3)nc(-n3c4ccccc4c4c5sc6ccccc6c5ccc43)n2)C=C1. The van der Waals surface area contributed by atoms with Gasteiger partial charge in [-0.2, -0.15) is 0 Å². The van der Waals surface area contributed by atoms with E-state index in [0.29, 0.717) is 0 Å². The van der Waals surface area contributed by atoms with E-state index in [1.54, 1.807) is 0 Å². The van der Waals surface area contributed by atoms with Crippen molar-refractivity contribution in [2.24, 2.45) is 0 Å². The van der Waals surface area contributed by atoms with E-state index in [1.807, 2.05) is 17.4 Å². The fourth-order valence-corrected chi connectivity index (χ4v) is 7.01. The number of thiophene rings is 1. The lowest BCUT2D eigenvalue weighted by Gasteiger charge is -2.16. The molecule has 4 aromatic carbocycles. The zero-order chi connectivity index (χ0) is 25.1. The van der Waals surface area contributed by atoms with Crippen molar-refractivity contribution < 1.29 is 0 Å². The van der Waals surface area contributed by atoms with Gasteiger partial charge >= 0.3 is 0 Å². The minimum atomic E-state index is 0.228. The lowest BCUT2D eigenvalue weighted by molar-refractivity contribution is 0.797. The van der Waals surface area contributed by atoms with Gasteiger partial charge in [-0.1, -0.05) is 97.1 Å². The van der Waals surface area contributed by atoms with Gasteiger partial charge in [-0.25, -0.2) is 9.97 Å². The Hall–Kier alpha value is -4.54. The average Bonchev–Trinajstić information content (AvgIpc) is 3.53. The Kier molecular flexibility index (Phi) is 4.82. The first kappa shape index (κ1) is 21.5. The van der Waals surface area contributed by atoms with Gasteiger partial charge in [-0.15, -0.1) is 11.3 Å². The fraction of sp³-hybridized carbons (Fsp3) is 0.0588. The van der Waals surface area contributed by atoms with Gasteiger partial charge in [-0.3, -0.25) is 4.57 Å². The van der Waals surface area contributed by atoms with E-state index in [-0.39, 0.29) is 5.92 Å². The van der Waals surface area contributed by atoms with Crippen molar-refractivity contribution in [3.05, 3.63) is 127 Å². The van der Waals surface area contributed by atoms with Crippen LogP contribution in [0.25, 0.3) is 59.2 Å². The summed E-state index contributed by atoms with van der Waals surface area (Å²) >= 11 is 1.87. The first-order valence-corrected chi connectivity index (χ1v) is 13.8. The van der Waals surface area contributed by atoms with Crippen LogP contribution in [0.3, 0.4) is 0 Å². The number of rotatable bonds is 3. The lowest BCUT2D eigenvalue weighted by atomic mass is 9.96. The van der Waals surface area contributed by atoms with Crippen LogP contribution in [0.4, 0.5) is 0 Å². The van der Waals surface area contributed by atoms with Gasteiger partial charge < -0.3 is 0 Å². The molecule has 0 saturated heterocycles. The van der Waals surface area contributed by atoms with E-state index in [2.05, 4.69) is 120 Å². The Bertz CT molecular complexity index is 2060. The van der Waals surface area contributed by atoms with Gasteiger partial charge in [0, 0.05) is 42.4 Å². The molecule has 7 aromatic rings. The number of aromatic nitrogens is 3. The minimum absolute atomic E-state index is 0.228. The molecule has 0 bridgehead atoms. The molecule has 1 atom stereocenters. The van der Waals surface area contributed by atoms with E-state index < -0.39 is 0 Å². The maximum absolute atomic E-state index is 5.22. The molecular formula is C34H23N3S. The van der Waals surface area contributed by atoms with Crippen molar-refractivity contribution in [1.82, 2.24) is 14.5 Å². The van der Waals surface area contributed by atoms with Crippen molar-refractivity contribution >= 4 is 53.3 Å². The average molecular weight is 506 g/mol. The third kappa shape index (κ3) is 3.27.